The minimum Gasteiger partial charge on any atom is -0.514 e. The van der Waals surface area contributed by atoms with Crippen molar-refractivity contribution in [2.75, 3.05) is 12.0 Å². The highest BCUT2D eigenvalue weighted by atomic mass is 19.2. The number of alkyl halides is 2. The van der Waals surface area contributed by atoms with Gasteiger partial charge in [0.2, 0.25) is 0 Å². The fourth-order valence-corrected chi connectivity index (χ4v) is 3.31. The molecule has 2 atom stereocenters. The Balaban J connectivity index is 1.81. The maximum absolute atomic E-state index is 14.6. The van der Waals surface area contributed by atoms with E-state index in [1.807, 2.05) is 0 Å². The van der Waals surface area contributed by atoms with Crippen molar-refractivity contribution in [2.24, 2.45) is 10.7 Å². The number of amides is 1. The number of benzene rings is 1. The molecule has 1 aliphatic heterocycles. The summed E-state index contributed by atoms with van der Waals surface area (Å²) in [5.74, 6) is -1.59. The zero-order valence-electron chi connectivity index (χ0n) is 17.2. The van der Waals surface area contributed by atoms with Gasteiger partial charge in [-0.3, -0.25) is 9.79 Å². The molecule has 6 nitrogen and oxygen atoms in total. The van der Waals surface area contributed by atoms with Crippen molar-refractivity contribution >= 4 is 41.0 Å². The lowest BCUT2D eigenvalue weighted by molar-refractivity contribution is 0.102. The Bertz CT molecular complexity index is 1050. The summed E-state index contributed by atoms with van der Waals surface area (Å²) >= 11 is 0. The molecule has 3 rings (SSSR count). The van der Waals surface area contributed by atoms with Crippen LogP contribution in [0.3, 0.4) is 0 Å². The highest BCUT2D eigenvalue weighted by molar-refractivity contribution is 6.58. The molecule has 160 valence electrons. The number of nitrogens with two attached hydrogens (primary N) is 1. The summed E-state index contributed by atoms with van der Waals surface area (Å²) in [5, 5.41) is 0.692. The van der Waals surface area contributed by atoms with E-state index in [2.05, 4.69) is 15.3 Å². The molecule has 0 saturated carbocycles. The number of nitrogens with zero attached hydrogens (tertiary/aromatic N) is 2. The van der Waals surface area contributed by atoms with Crippen LogP contribution in [0.2, 0.25) is 0 Å². The first-order chi connectivity index (χ1) is 14.8. The van der Waals surface area contributed by atoms with Gasteiger partial charge in [0.15, 0.2) is 5.67 Å². The molecule has 12 heteroatoms. The van der Waals surface area contributed by atoms with E-state index in [4.69, 9.17) is 34.0 Å². The van der Waals surface area contributed by atoms with Crippen LogP contribution in [-0.2, 0) is 5.54 Å². The average molecular weight is 436 g/mol. The molecule has 1 aromatic heterocycles. The molecule has 2 aromatic rings. The van der Waals surface area contributed by atoms with Gasteiger partial charge in [-0.1, -0.05) is 0 Å². The predicted octanol–water partition coefficient (Wildman–Crippen LogP) is 2.01. The van der Waals surface area contributed by atoms with Crippen LogP contribution in [0.15, 0.2) is 41.5 Å². The molecule has 0 saturated heterocycles. The molecule has 0 spiro atoms. The molecule has 0 bridgehead atoms. The van der Waals surface area contributed by atoms with Gasteiger partial charge in [0.25, 0.3) is 5.91 Å². The van der Waals surface area contributed by atoms with E-state index in [1.165, 1.54) is 30.5 Å². The van der Waals surface area contributed by atoms with E-state index in [1.54, 1.807) is 6.92 Å². The van der Waals surface area contributed by atoms with Crippen molar-refractivity contribution in [1.82, 2.24) is 4.98 Å². The zero-order valence-corrected chi connectivity index (χ0v) is 17.2. The third-order valence-corrected chi connectivity index (χ3v) is 5.11. The number of hydrogen-bond acceptors (Lipinski definition) is 5. The summed E-state index contributed by atoms with van der Waals surface area (Å²) in [6, 6.07) is 6.61. The lowest BCUT2D eigenvalue weighted by atomic mass is 9.52. The first kappa shape index (κ1) is 23.8. The zero-order chi connectivity index (χ0) is 23.7. The summed E-state index contributed by atoms with van der Waals surface area (Å²) in [4.78, 5) is 20.5. The Morgan fingerprint density at radius 2 is 2.00 bits per heavy atom. The van der Waals surface area contributed by atoms with Gasteiger partial charge in [0.05, 0.1) is 11.7 Å². The second kappa shape index (κ2) is 8.56. The van der Waals surface area contributed by atoms with Crippen molar-refractivity contribution in [2.45, 2.75) is 36.3 Å². The second-order valence-corrected chi connectivity index (χ2v) is 7.85. The lowest BCUT2D eigenvalue weighted by Crippen LogP contribution is -2.48. The molecule has 0 unspecified atom stereocenters. The highest BCUT2D eigenvalue weighted by Gasteiger charge is 2.44. The fourth-order valence-electron chi connectivity index (χ4n) is 3.31. The molecule has 1 aromatic carbocycles. The number of anilines is 1. The maximum Gasteiger partial charge on any atom is 0.274 e. The molecule has 3 N–H and O–H groups in total. The summed E-state index contributed by atoms with van der Waals surface area (Å²) in [6.45, 7) is 0.255. The van der Waals surface area contributed by atoms with Gasteiger partial charge in [-0.25, -0.2) is 18.2 Å². The van der Waals surface area contributed by atoms with Gasteiger partial charge in [-0.05, 0) is 55.4 Å². The van der Waals surface area contributed by atoms with Crippen LogP contribution in [0, 0.1) is 5.82 Å². The van der Waals surface area contributed by atoms with Gasteiger partial charge in [-0.15, -0.1) is 0 Å². The first-order valence-corrected chi connectivity index (χ1v) is 9.59. The number of pyridine rings is 1. The molecular weight excluding hydrogens is 418 g/mol. The first-order valence-electron chi connectivity index (χ1n) is 9.59. The average Bonchev–Trinajstić information content (AvgIpc) is 2.72. The Labute approximate surface area is 187 Å². The van der Waals surface area contributed by atoms with Crippen LogP contribution < -0.4 is 15.8 Å². The van der Waals surface area contributed by atoms with Crippen molar-refractivity contribution in [3.8, 4) is 5.75 Å². The van der Waals surface area contributed by atoms with E-state index in [-0.39, 0.29) is 35.5 Å². The summed E-state index contributed by atoms with van der Waals surface area (Å²) in [6.07, 6.45) is 0.983. The fraction of sp³-hybridized carbons (Fsp3) is 0.350. The van der Waals surface area contributed by atoms with Crippen LogP contribution in [0.5, 0.6) is 5.75 Å². The van der Waals surface area contributed by atoms with Crippen LogP contribution in [0.4, 0.5) is 18.9 Å². The molecule has 32 heavy (non-hydrogen) atoms. The molecule has 2 heterocycles. The SMILES string of the molecule is [B]C([B])([B])Oc1ccc(C(=O)Nc2ccc(F)c([C@]3(C)CC[C@@](F)(CF)C(N)=N3)c2)nc1. The van der Waals surface area contributed by atoms with Crippen LogP contribution in [-0.4, -0.2) is 57.9 Å². The monoisotopic (exact) mass is 436 g/mol. The van der Waals surface area contributed by atoms with E-state index in [0.717, 1.165) is 6.07 Å². The molecule has 0 aliphatic carbocycles. The third kappa shape index (κ3) is 5.11. The lowest BCUT2D eigenvalue weighted by Gasteiger charge is -2.36. The van der Waals surface area contributed by atoms with Gasteiger partial charge >= 0.3 is 0 Å². The number of amidine groups is 1. The standard InChI is InChI=1S/C20H18B3F3N4O2/c1-18(6-7-19(26,10-24)17(27)30-18)13-8-11(2-4-14(13)25)29-16(31)15-5-3-12(9-28-15)32-20(21,22)23/h2-5,8-9H,6-7,10H2,1H3,(H2,27,30)(H,29,31)/t18-,19+/m0/s1. The largest absolute Gasteiger partial charge is 0.514 e. The third-order valence-electron chi connectivity index (χ3n) is 5.11. The maximum atomic E-state index is 14.6. The minimum atomic E-state index is -2.36. The Morgan fingerprint density at radius 1 is 1.28 bits per heavy atom. The number of ether oxygens (including phenoxy) is 1. The van der Waals surface area contributed by atoms with Gasteiger partial charge in [0, 0.05) is 11.3 Å². The number of carbonyl (C=O) groups is 1. The highest BCUT2D eigenvalue weighted by Crippen LogP contribution is 2.41. The van der Waals surface area contributed by atoms with Crippen LogP contribution in [0.25, 0.3) is 0 Å². The molecule has 1 amide bonds. The molecule has 1 aliphatic rings. The summed E-state index contributed by atoms with van der Waals surface area (Å²) in [7, 11) is 16.0. The Morgan fingerprint density at radius 3 is 2.56 bits per heavy atom. The molecule has 6 radical (unpaired) electrons. The second-order valence-electron chi connectivity index (χ2n) is 7.85. The topological polar surface area (TPSA) is 89.6 Å². The normalized spacial score (nSPS) is 23.3. The van der Waals surface area contributed by atoms with Crippen molar-refractivity contribution in [1.29, 1.82) is 0 Å². The predicted molar refractivity (Wildman–Crippen MR) is 117 cm³/mol. The smallest absolute Gasteiger partial charge is 0.274 e. The number of aliphatic imine (C=N–C) groups is 1. The van der Waals surface area contributed by atoms with E-state index < -0.39 is 40.7 Å². The number of carbonyl (C=O) groups excluding carboxylic acids is 1. The summed E-state index contributed by atoms with van der Waals surface area (Å²) < 4.78 is 47.0. The summed E-state index contributed by atoms with van der Waals surface area (Å²) in [5.41, 5.74) is 2.40. The number of halogens is 3. The van der Waals surface area contributed by atoms with Crippen LogP contribution >= 0.6 is 0 Å². The van der Waals surface area contributed by atoms with Gasteiger partial charge < -0.3 is 15.8 Å². The van der Waals surface area contributed by atoms with E-state index in [9.17, 15) is 18.0 Å². The van der Waals surface area contributed by atoms with Crippen molar-refractivity contribution < 1.29 is 22.7 Å². The van der Waals surface area contributed by atoms with Crippen molar-refractivity contribution in [3.63, 3.8) is 0 Å². The van der Waals surface area contributed by atoms with Gasteiger partial charge in [0.1, 0.15) is 53.3 Å². The quantitative estimate of drug-likeness (QED) is 0.679. The number of hydrogen-bond donors (Lipinski definition) is 2. The van der Waals surface area contributed by atoms with E-state index >= 15 is 0 Å². The van der Waals surface area contributed by atoms with Crippen LogP contribution in [0.1, 0.15) is 35.8 Å². The Kier molecular flexibility index (Phi) is 6.35. The number of aromatic nitrogens is 1. The van der Waals surface area contributed by atoms with Gasteiger partial charge in [-0.2, -0.15) is 0 Å². The number of nitrogens with one attached hydrogen (secondary N) is 1. The Hall–Kier alpha value is -2.91. The van der Waals surface area contributed by atoms with E-state index in [0.29, 0.717) is 0 Å². The molecular formula is C20H18B3F3N4O2. The molecule has 0 fully saturated rings. The minimum absolute atomic E-state index is 0.0242. The van der Waals surface area contributed by atoms with Crippen molar-refractivity contribution in [3.05, 3.63) is 53.6 Å². The number of rotatable bonds is 6.